The zero-order valence-electron chi connectivity index (χ0n) is 14.5. The number of carbonyl (C=O) groups excluding carboxylic acids is 1. The minimum absolute atomic E-state index is 0.135. The van der Waals surface area contributed by atoms with Crippen molar-refractivity contribution in [2.24, 2.45) is 0 Å². The Balaban J connectivity index is 1.86. The maximum atomic E-state index is 13.2. The van der Waals surface area contributed by atoms with Gasteiger partial charge in [0.1, 0.15) is 11.9 Å². The number of hydrogen-bond acceptors (Lipinski definition) is 4. The summed E-state index contributed by atoms with van der Waals surface area (Å²) in [6, 6.07) is 9.19. The Morgan fingerprint density at radius 3 is 2.41 bits per heavy atom. The lowest BCUT2D eigenvalue weighted by Gasteiger charge is -2.21. The second-order valence-corrected chi connectivity index (χ2v) is 6.16. The Labute approximate surface area is 154 Å². The standard InChI is InChI=1S/C19H19F3N2O3/c1-26-15-9-8-14(10-16(15)27-19(21)22)23-17(18(25)24-13-6-7-13)11-2-4-12(20)5-3-11/h2-5,8-10,13,17,19,23H,6-7H2,1H3,(H,24,25). The summed E-state index contributed by atoms with van der Waals surface area (Å²) in [5.41, 5.74) is 0.924. The summed E-state index contributed by atoms with van der Waals surface area (Å²) in [5, 5.41) is 5.88. The molecule has 1 atom stereocenters. The van der Waals surface area contributed by atoms with Crippen LogP contribution >= 0.6 is 0 Å². The molecular weight excluding hydrogens is 361 g/mol. The van der Waals surface area contributed by atoms with E-state index in [9.17, 15) is 18.0 Å². The SMILES string of the molecule is COc1ccc(NC(C(=O)NC2CC2)c2ccc(F)cc2)cc1OC(F)F. The van der Waals surface area contributed by atoms with Crippen LogP contribution in [0.3, 0.4) is 0 Å². The molecule has 144 valence electrons. The Kier molecular flexibility index (Phi) is 5.73. The van der Waals surface area contributed by atoms with Gasteiger partial charge in [-0.2, -0.15) is 8.78 Å². The largest absolute Gasteiger partial charge is 0.493 e. The number of ether oxygens (including phenoxy) is 2. The summed E-state index contributed by atoms with van der Waals surface area (Å²) >= 11 is 0. The van der Waals surface area contributed by atoms with Crippen molar-refractivity contribution in [3.8, 4) is 11.5 Å². The van der Waals surface area contributed by atoms with Crippen LogP contribution in [0.4, 0.5) is 18.9 Å². The van der Waals surface area contributed by atoms with Gasteiger partial charge in [0.15, 0.2) is 11.5 Å². The lowest BCUT2D eigenvalue weighted by atomic mass is 10.1. The lowest BCUT2D eigenvalue weighted by molar-refractivity contribution is -0.122. The number of alkyl halides is 2. The summed E-state index contributed by atoms with van der Waals surface area (Å²) < 4.78 is 47.9. The smallest absolute Gasteiger partial charge is 0.387 e. The van der Waals surface area contributed by atoms with E-state index in [-0.39, 0.29) is 23.4 Å². The van der Waals surface area contributed by atoms with Crippen molar-refractivity contribution in [3.63, 3.8) is 0 Å². The third-order valence-corrected chi connectivity index (χ3v) is 4.08. The average molecular weight is 380 g/mol. The van der Waals surface area contributed by atoms with Crippen molar-refractivity contribution in [2.45, 2.75) is 31.5 Å². The quantitative estimate of drug-likeness (QED) is 0.730. The first kappa shape index (κ1) is 18.9. The van der Waals surface area contributed by atoms with Gasteiger partial charge in [0.05, 0.1) is 7.11 Å². The van der Waals surface area contributed by atoms with Crippen molar-refractivity contribution in [1.82, 2.24) is 5.32 Å². The monoisotopic (exact) mass is 380 g/mol. The molecule has 1 aliphatic carbocycles. The van der Waals surface area contributed by atoms with Crippen LogP contribution in [0.15, 0.2) is 42.5 Å². The Bertz CT molecular complexity index is 795. The molecule has 1 fully saturated rings. The number of anilines is 1. The van der Waals surface area contributed by atoms with E-state index in [1.54, 1.807) is 6.07 Å². The molecular formula is C19H19F3N2O3. The number of methoxy groups -OCH3 is 1. The topological polar surface area (TPSA) is 59.6 Å². The Morgan fingerprint density at radius 1 is 1.11 bits per heavy atom. The van der Waals surface area contributed by atoms with Gasteiger partial charge in [0.25, 0.3) is 0 Å². The molecule has 1 aliphatic rings. The molecule has 1 saturated carbocycles. The Hall–Kier alpha value is -2.90. The van der Waals surface area contributed by atoms with Crippen LogP contribution in [0.25, 0.3) is 0 Å². The molecule has 0 spiro atoms. The normalized spacial score (nSPS) is 14.6. The average Bonchev–Trinajstić information content (AvgIpc) is 3.44. The van der Waals surface area contributed by atoms with E-state index >= 15 is 0 Å². The third-order valence-electron chi connectivity index (χ3n) is 4.08. The van der Waals surface area contributed by atoms with E-state index < -0.39 is 18.5 Å². The first-order valence-corrected chi connectivity index (χ1v) is 8.41. The first-order chi connectivity index (χ1) is 13.0. The highest BCUT2D eigenvalue weighted by Gasteiger charge is 2.28. The zero-order valence-corrected chi connectivity index (χ0v) is 14.5. The van der Waals surface area contributed by atoms with Crippen LogP contribution in [-0.2, 0) is 4.79 Å². The maximum Gasteiger partial charge on any atom is 0.387 e. The van der Waals surface area contributed by atoms with Crippen LogP contribution < -0.4 is 20.1 Å². The molecule has 1 amide bonds. The van der Waals surface area contributed by atoms with Crippen molar-refractivity contribution < 1.29 is 27.4 Å². The van der Waals surface area contributed by atoms with Gasteiger partial charge in [0.2, 0.25) is 5.91 Å². The predicted molar refractivity (Wildman–Crippen MR) is 93.6 cm³/mol. The van der Waals surface area contributed by atoms with E-state index in [0.717, 1.165) is 12.8 Å². The van der Waals surface area contributed by atoms with Gasteiger partial charge in [-0.25, -0.2) is 4.39 Å². The minimum atomic E-state index is -3.01. The van der Waals surface area contributed by atoms with E-state index in [1.165, 1.54) is 43.5 Å². The highest BCUT2D eigenvalue weighted by atomic mass is 19.3. The van der Waals surface area contributed by atoms with Crippen LogP contribution in [0.2, 0.25) is 0 Å². The molecule has 0 heterocycles. The van der Waals surface area contributed by atoms with E-state index in [4.69, 9.17) is 4.74 Å². The van der Waals surface area contributed by atoms with Gasteiger partial charge in [-0.15, -0.1) is 0 Å². The summed E-state index contributed by atoms with van der Waals surface area (Å²) in [5.74, 6) is -0.715. The number of amides is 1. The van der Waals surface area contributed by atoms with Crippen LogP contribution in [0.1, 0.15) is 24.4 Å². The summed E-state index contributed by atoms with van der Waals surface area (Å²) in [4.78, 5) is 12.6. The van der Waals surface area contributed by atoms with Gasteiger partial charge >= 0.3 is 6.61 Å². The van der Waals surface area contributed by atoms with Crippen molar-refractivity contribution in [2.75, 3.05) is 12.4 Å². The molecule has 5 nitrogen and oxygen atoms in total. The van der Waals surface area contributed by atoms with E-state index in [2.05, 4.69) is 15.4 Å². The van der Waals surface area contributed by atoms with Crippen molar-refractivity contribution >= 4 is 11.6 Å². The molecule has 0 aliphatic heterocycles. The number of carbonyl (C=O) groups is 1. The molecule has 2 aromatic rings. The highest BCUT2D eigenvalue weighted by molar-refractivity contribution is 5.86. The lowest BCUT2D eigenvalue weighted by Crippen LogP contribution is -2.34. The van der Waals surface area contributed by atoms with Gasteiger partial charge in [-0.3, -0.25) is 4.79 Å². The summed E-state index contributed by atoms with van der Waals surface area (Å²) in [6.45, 7) is -3.01. The summed E-state index contributed by atoms with van der Waals surface area (Å²) in [7, 11) is 1.34. The molecule has 0 aromatic heterocycles. The number of hydrogen-bond donors (Lipinski definition) is 2. The first-order valence-electron chi connectivity index (χ1n) is 8.41. The molecule has 8 heteroatoms. The Morgan fingerprint density at radius 2 is 1.81 bits per heavy atom. The molecule has 0 bridgehead atoms. The fourth-order valence-electron chi connectivity index (χ4n) is 2.59. The van der Waals surface area contributed by atoms with Crippen molar-refractivity contribution in [3.05, 3.63) is 53.8 Å². The highest BCUT2D eigenvalue weighted by Crippen LogP contribution is 2.33. The van der Waals surface area contributed by atoms with Crippen LogP contribution in [-0.4, -0.2) is 25.7 Å². The molecule has 0 radical (unpaired) electrons. The molecule has 0 saturated heterocycles. The van der Waals surface area contributed by atoms with Crippen LogP contribution in [0.5, 0.6) is 11.5 Å². The van der Waals surface area contributed by atoms with Gasteiger partial charge < -0.3 is 20.1 Å². The maximum absolute atomic E-state index is 13.2. The molecule has 2 aromatic carbocycles. The fraction of sp³-hybridized carbons (Fsp3) is 0.316. The third kappa shape index (κ3) is 5.06. The second kappa shape index (κ2) is 8.20. The number of nitrogens with one attached hydrogen (secondary N) is 2. The van der Waals surface area contributed by atoms with E-state index in [1.807, 2.05) is 0 Å². The minimum Gasteiger partial charge on any atom is -0.493 e. The molecule has 1 unspecified atom stereocenters. The number of halogens is 3. The van der Waals surface area contributed by atoms with Gasteiger partial charge in [-0.05, 0) is 42.7 Å². The van der Waals surface area contributed by atoms with Crippen LogP contribution in [0, 0.1) is 5.82 Å². The van der Waals surface area contributed by atoms with E-state index in [0.29, 0.717) is 11.3 Å². The number of rotatable bonds is 8. The fourth-order valence-corrected chi connectivity index (χ4v) is 2.59. The molecule has 27 heavy (non-hydrogen) atoms. The van der Waals surface area contributed by atoms with Crippen molar-refractivity contribution in [1.29, 1.82) is 0 Å². The van der Waals surface area contributed by atoms with Gasteiger partial charge in [0, 0.05) is 17.8 Å². The zero-order chi connectivity index (χ0) is 19.4. The summed E-state index contributed by atoms with van der Waals surface area (Å²) in [6.07, 6.45) is 1.83. The number of benzene rings is 2. The van der Waals surface area contributed by atoms with Gasteiger partial charge in [-0.1, -0.05) is 12.1 Å². The predicted octanol–water partition coefficient (Wildman–Crippen LogP) is 3.87. The second-order valence-electron chi connectivity index (χ2n) is 6.16. The molecule has 2 N–H and O–H groups in total. The molecule has 3 rings (SSSR count).